The van der Waals surface area contributed by atoms with Gasteiger partial charge in [-0.15, -0.1) is 0 Å². The average Bonchev–Trinajstić information content (AvgIpc) is 2.29. The third kappa shape index (κ3) is 2.84. The normalized spacial score (nSPS) is 25.3. The summed E-state index contributed by atoms with van der Waals surface area (Å²) in [6, 6.07) is 1.46. The van der Waals surface area contributed by atoms with Gasteiger partial charge in [-0.05, 0) is 25.2 Å². The zero-order chi connectivity index (χ0) is 11.4. The third-order valence-electron chi connectivity index (χ3n) is 3.25. The van der Waals surface area contributed by atoms with E-state index in [4.69, 9.17) is 4.74 Å². The van der Waals surface area contributed by atoms with E-state index in [9.17, 15) is 4.79 Å². The van der Waals surface area contributed by atoms with Crippen molar-refractivity contribution in [3.63, 3.8) is 0 Å². The number of aromatic amines is 1. The Morgan fingerprint density at radius 3 is 3.19 bits per heavy atom. The minimum absolute atomic E-state index is 0.208. The number of hydrogen-bond acceptors (Lipinski definition) is 3. The molecule has 88 valence electrons. The van der Waals surface area contributed by atoms with Crippen molar-refractivity contribution in [3.05, 3.63) is 22.6 Å². The average molecular weight is 222 g/mol. The summed E-state index contributed by atoms with van der Waals surface area (Å²) >= 11 is 0. The van der Waals surface area contributed by atoms with Gasteiger partial charge in [0.2, 0.25) is 0 Å². The largest absolute Gasteiger partial charge is 0.489 e. The quantitative estimate of drug-likeness (QED) is 0.852. The van der Waals surface area contributed by atoms with Gasteiger partial charge in [-0.3, -0.25) is 4.79 Å². The first kappa shape index (κ1) is 11.2. The van der Waals surface area contributed by atoms with E-state index < -0.39 is 0 Å². The van der Waals surface area contributed by atoms with Crippen molar-refractivity contribution in [1.29, 1.82) is 0 Å². The van der Waals surface area contributed by atoms with Crippen LogP contribution in [0.1, 0.15) is 39.0 Å². The summed E-state index contributed by atoms with van der Waals surface area (Å²) < 4.78 is 5.79. The highest BCUT2D eigenvalue weighted by atomic mass is 16.5. The summed E-state index contributed by atoms with van der Waals surface area (Å²) in [5.41, 5.74) is -0.208. The van der Waals surface area contributed by atoms with Crippen molar-refractivity contribution < 1.29 is 4.74 Å². The van der Waals surface area contributed by atoms with Gasteiger partial charge in [-0.2, -0.15) is 5.10 Å². The summed E-state index contributed by atoms with van der Waals surface area (Å²) in [5, 5.41) is 6.07. The molecule has 0 radical (unpaired) electrons. The lowest BCUT2D eigenvalue weighted by Gasteiger charge is -2.28. The first-order valence-corrected chi connectivity index (χ1v) is 5.99. The van der Waals surface area contributed by atoms with Crippen LogP contribution in [0.3, 0.4) is 0 Å². The van der Waals surface area contributed by atoms with Gasteiger partial charge in [0.25, 0.3) is 5.56 Å². The van der Waals surface area contributed by atoms with E-state index in [1.807, 2.05) is 0 Å². The molecule has 0 aliphatic heterocycles. The Labute approximate surface area is 95.0 Å². The van der Waals surface area contributed by atoms with E-state index >= 15 is 0 Å². The van der Waals surface area contributed by atoms with Gasteiger partial charge in [0.1, 0.15) is 5.75 Å². The summed E-state index contributed by atoms with van der Waals surface area (Å²) in [6.45, 7) is 2.22. The van der Waals surface area contributed by atoms with Crippen molar-refractivity contribution in [2.75, 3.05) is 0 Å². The van der Waals surface area contributed by atoms with Crippen LogP contribution in [0.2, 0.25) is 0 Å². The topological polar surface area (TPSA) is 55.0 Å². The number of H-pyrrole nitrogens is 1. The SMILES string of the molecule is CCC1CCCC(Oc2cn[nH]c(=O)c2)C1. The van der Waals surface area contributed by atoms with Gasteiger partial charge >= 0.3 is 0 Å². The number of hydrogen-bond donors (Lipinski definition) is 1. The Morgan fingerprint density at radius 2 is 2.44 bits per heavy atom. The maximum atomic E-state index is 11.1. The summed E-state index contributed by atoms with van der Waals surface area (Å²) in [7, 11) is 0. The molecule has 2 rings (SSSR count). The zero-order valence-electron chi connectivity index (χ0n) is 9.61. The molecule has 1 aromatic heterocycles. The predicted molar refractivity (Wildman–Crippen MR) is 61.5 cm³/mol. The Morgan fingerprint density at radius 1 is 1.56 bits per heavy atom. The molecular weight excluding hydrogens is 204 g/mol. The van der Waals surface area contributed by atoms with E-state index in [-0.39, 0.29) is 11.7 Å². The van der Waals surface area contributed by atoms with Gasteiger partial charge in [0.15, 0.2) is 0 Å². The van der Waals surface area contributed by atoms with E-state index in [1.54, 1.807) is 6.20 Å². The molecule has 1 heterocycles. The molecular formula is C12H18N2O2. The van der Waals surface area contributed by atoms with Crippen LogP contribution in [0.15, 0.2) is 17.1 Å². The van der Waals surface area contributed by atoms with Crippen molar-refractivity contribution in [1.82, 2.24) is 10.2 Å². The fraction of sp³-hybridized carbons (Fsp3) is 0.667. The van der Waals surface area contributed by atoms with Gasteiger partial charge in [-0.25, -0.2) is 5.10 Å². The van der Waals surface area contributed by atoms with Gasteiger partial charge in [-0.1, -0.05) is 19.8 Å². The molecule has 16 heavy (non-hydrogen) atoms. The van der Waals surface area contributed by atoms with Gasteiger partial charge < -0.3 is 4.74 Å². The maximum Gasteiger partial charge on any atom is 0.267 e. The molecule has 4 nitrogen and oxygen atoms in total. The van der Waals surface area contributed by atoms with Crippen LogP contribution < -0.4 is 10.3 Å². The molecule has 1 fully saturated rings. The monoisotopic (exact) mass is 222 g/mol. The Hall–Kier alpha value is -1.32. The molecule has 1 aliphatic rings. The lowest BCUT2D eigenvalue weighted by atomic mass is 9.85. The van der Waals surface area contributed by atoms with Crippen LogP contribution in [0.4, 0.5) is 0 Å². The summed E-state index contributed by atoms with van der Waals surface area (Å²) in [6.07, 6.45) is 7.75. The van der Waals surface area contributed by atoms with Crippen molar-refractivity contribution >= 4 is 0 Å². The van der Waals surface area contributed by atoms with Crippen LogP contribution in [-0.2, 0) is 0 Å². The fourth-order valence-corrected chi connectivity index (χ4v) is 2.33. The Bertz CT molecular complexity index is 389. The van der Waals surface area contributed by atoms with Crippen molar-refractivity contribution in [2.24, 2.45) is 5.92 Å². The molecule has 2 unspecified atom stereocenters. The van der Waals surface area contributed by atoms with Crippen LogP contribution in [-0.4, -0.2) is 16.3 Å². The van der Waals surface area contributed by atoms with E-state index in [0.717, 1.165) is 18.8 Å². The summed E-state index contributed by atoms with van der Waals surface area (Å²) in [5.74, 6) is 1.36. The standard InChI is InChI=1S/C12H18N2O2/c1-2-9-4-3-5-10(6-9)16-11-7-12(15)14-13-8-11/h7-10H,2-6H2,1H3,(H,14,15). The number of nitrogens with one attached hydrogen (secondary N) is 1. The highest BCUT2D eigenvalue weighted by molar-refractivity contribution is 5.13. The maximum absolute atomic E-state index is 11.1. The van der Waals surface area contributed by atoms with Crippen LogP contribution in [0.5, 0.6) is 5.75 Å². The van der Waals surface area contributed by atoms with Crippen LogP contribution in [0.25, 0.3) is 0 Å². The summed E-state index contributed by atoms with van der Waals surface area (Å²) in [4.78, 5) is 11.1. The molecule has 2 atom stereocenters. The number of aromatic nitrogens is 2. The molecule has 1 N–H and O–H groups in total. The first-order valence-electron chi connectivity index (χ1n) is 5.99. The lowest BCUT2D eigenvalue weighted by Crippen LogP contribution is -2.25. The smallest absolute Gasteiger partial charge is 0.267 e. The van der Waals surface area contributed by atoms with Crippen molar-refractivity contribution in [2.45, 2.75) is 45.1 Å². The molecule has 1 aromatic rings. The van der Waals surface area contributed by atoms with E-state index in [2.05, 4.69) is 17.1 Å². The molecule has 0 aromatic carbocycles. The number of nitrogens with zero attached hydrogens (tertiary/aromatic N) is 1. The molecule has 1 aliphatic carbocycles. The highest BCUT2D eigenvalue weighted by Gasteiger charge is 2.22. The second kappa shape index (κ2) is 5.14. The molecule has 1 saturated carbocycles. The molecule has 0 saturated heterocycles. The number of ether oxygens (including phenoxy) is 1. The predicted octanol–water partition coefficient (Wildman–Crippen LogP) is 2.12. The van der Waals surface area contributed by atoms with E-state index in [1.165, 1.54) is 25.3 Å². The minimum Gasteiger partial charge on any atom is -0.489 e. The van der Waals surface area contributed by atoms with Gasteiger partial charge in [0.05, 0.1) is 12.3 Å². The fourth-order valence-electron chi connectivity index (χ4n) is 2.33. The Kier molecular flexibility index (Phi) is 3.59. The lowest BCUT2D eigenvalue weighted by molar-refractivity contribution is 0.121. The third-order valence-corrected chi connectivity index (χ3v) is 3.25. The van der Waals surface area contributed by atoms with E-state index in [0.29, 0.717) is 5.75 Å². The Balaban J connectivity index is 1.96. The number of rotatable bonds is 3. The van der Waals surface area contributed by atoms with Crippen LogP contribution >= 0.6 is 0 Å². The minimum atomic E-state index is -0.208. The first-order chi connectivity index (χ1) is 7.78. The van der Waals surface area contributed by atoms with Crippen molar-refractivity contribution in [3.8, 4) is 5.75 Å². The molecule has 0 spiro atoms. The second-order valence-corrected chi connectivity index (χ2v) is 4.46. The van der Waals surface area contributed by atoms with Gasteiger partial charge in [0, 0.05) is 6.07 Å². The van der Waals surface area contributed by atoms with Crippen LogP contribution in [0, 0.1) is 5.92 Å². The second-order valence-electron chi connectivity index (χ2n) is 4.46. The highest BCUT2D eigenvalue weighted by Crippen LogP contribution is 2.28. The molecule has 4 heteroatoms. The molecule has 0 bridgehead atoms. The zero-order valence-corrected chi connectivity index (χ0v) is 9.61. The molecule has 0 amide bonds.